The summed E-state index contributed by atoms with van der Waals surface area (Å²) in [6, 6.07) is -0.838. The minimum absolute atomic E-state index is 0.194. The number of carbonyl (C=O) groups excluding carboxylic acids is 1. The van der Waals surface area contributed by atoms with Crippen molar-refractivity contribution in [2.45, 2.75) is 346 Å². The third kappa shape index (κ3) is 52.5. The van der Waals surface area contributed by atoms with Gasteiger partial charge in [0, 0.05) is 6.42 Å². The number of ether oxygens (including phenoxy) is 2. The Labute approximate surface area is 528 Å². The Balaban J connectivity index is 2.17. The largest absolute Gasteiger partial charge is 0.394 e. The van der Waals surface area contributed by atoms with Gasteiger partial charge in [-0.15, -0.1) is 0 Å². The molecule has 0 aromatic carbocycles. The number of unbranched alkanes of at least 4 members (excludes halogenated alkanes) is 33. The average Bonchev–Trinajstić information content (AvgIpc) is 3.65. The topological polar surface area (TPSA) is 149 Å². The molecule has 1 aliphatic rings. The van der Waals surface area contributed by atoms with Crippen LogP contribution in [0.5, 0.6) is 0 Å². The van der Waals surface area contributed by atoms with Crippen molar-refractivity contribution in [1.29, 1.82) is 0 Å². The van der Waals surface area contributed by atoms with E-state index in [-0.39, 0.29) is 12.5 Å². The molecule has 7 unspecified atom stereocenters. The molecule has 0 bridgehead atoms. The molecule has 1 heterocycles. The summed E-state index contributed by atoms with van der Waals surface area (Å²) >= 11 is 0. The number of rotatable bonds is 61. The second-order valence-corrected chi connectivity index (χ2v) is 24.3. The number of hydrogen-bond donors (Lipinski definition) is 6. The highest BCUT2D eigenvalue weighted by molar-refractivity contribution is 5.76. The van der Waals surface area contributed by atoms with Crippen molar-refractivity contribution in [1.82, 2.24) is 5.32 Å². The van der Waals surface area contributed by atoms with E-state index in [4.69, 9.17) is 9.47 Å². The number of nitrogens with one attached hydrogen (secondary N) is 1. The normalized spacial score (nSPS) is 18.8. The number of amides is 1. The lowest BCUT2D eigenvalue weighted by atomic mass is 9.99. The van der Waals surface area contributed by atoms with E-state index >= 15 is 0 Å². The monoisotopic (exact) mass is 1200 g/mol. The first-order valence-corrected chi connectivity index (χ1v) is 35.8. The zero-order chi connectivity index (χ0) is 62.1. The highest BCUT2D eigenvalue weighted by atomic mass is 16.7. The van der Waals surface area contributed by atoms with Gasteiger partial charge in [-0.1, -0.05) is 315 Å². The molecule has 0 spiro atoms. The molecule has 0 aromatic heterocycles. The lowest BCUT2D eigenvalue weighted by Crippen LogP contribution is -2.60. The summed E-state index contributed by atoms with van der Waals surface area (Å²) in [7, 11) is 0. The van der Waals surface area contributed by atoms with Crippen LogP contribution in [0.3, 0.4) is 0 Å². The minimum atomic E-state index is -1.58. The van der Waals surface area contributed by atoms with Crippen molar-refractivity contribution < 1.29 is 39.8 Å². The average molecular weight is 1200 g/mol. The third-order valence-corrected chi connectivity index (χ3v) is 16.2. The summed E-state index contributed by atoms with van der Waals surface area (Å²) in [6.07, 6.45) is 90.2. The lowest BCUT2D eigenvalue weighted by Gasteiger charge is -2.40. The number of allylic oxidation sites excluding steroid dienone is 19. The van der Waals surface area contributed by atoms with E-state index in [1.165, 1.54) is 193 Å². The predicted molar refractivity (Wildman–Crippen MR) is 368 cm³/mol. The molecule has 1 saturated heterocycles. The van der Waals surface area contributed by atoms with Crippen molar-refractivity contribution in [3.8, 4) is 0 Å². The van der Waals surface area contributed by atoms with Crippen molar-refractivity contribution in [3.05, 3.63) is 122 Å². The minimum Gasteiger partial charge on any atom is -0.394 e. The number of aliphatic hydroxyl groups is 5. The van der Waals surface area contributed by atoms with Gasteiger partial charge in [-0.05, 0) is 103 Å². The Hall–Kier alpha value is -3.41. The second-order valence-electron chi connectivity index (χ2n) is 24.3. The molecule has 0 aliphatic carbocycles. The molecule has 6 N–H and O–H groups in total. The van der Waals surface area contributed by atoms with Crippen LogP contribution in [0.4, 0.5) is 0 Å². The molecule has 1 amide bonds. The van der Waals surface area contributed by atoms with Crippen LogP contribution in [-0.4, -0.2) is 87.5 Å². The quantitative estimate of drug-likeness (QED) is 0.0261. The summed E-state index contributed by atoms with van der Waals surface area (Å²) < 4.78 is 11.3. The van der Waals surface area contributed by atoms with E-state index in [9.17, 15) is 30.3 Å². The number of carbonyl (C=O) groups is 1. The van der Waals surface area contributed by atoms with Gasteiger partial charge in [-0.2, -0.15) is 0 Å². The SMILES string of the molecule is CC/C=C\C/C=C\C/C=C\C/C=C\C/C=C\C/C=C\C/C=C\CCCCCCCCCCCCCCCC(=O)NC(COC1OC(CO)C(O)C(O)C1O)C(O)/C=C/CC/C=C/CC/C=C/CCCCCCCCCCCCCCCCCCCC. The Kier molecular flexibility index (Phi) is 60.5. The van der Waals surface area contributed by atoms with Gasteiger partial charge in [-0.3, -0.25) is 4.79 Å². The molecule has 1 aliphatic heterocycles. The maximum Gasteiger partial charge on any atom is 0.220 e. The van der Waals surface area contributed by atoms with Gasteiger partial charge in [0.15, 0.2) is 6.29 Å². The summed E-state index contributed by atoms with van der Waals surface area (Å²) in [5, 5.41) is 54.8. The molecule has 0 radical (unpaired) electrons. The van der Waals surface area contributed by atoms with E-state index in [0.717, 1.165) is 89.9 Å². The zero-order valence-electron chi connectivity index (χ0n) is 55.3. The van der Waals surface area contributed by atoms with Gasteiger partial charge in [0.25, 0.3) is 0 Å². The molecule has 1 rings (SSSR count). The molecule has 86 heavy (non-hydrogen) atoms. The van der Waals surface area contributed by atoms with E-state index in [2.05, 4.69) is 129 Å². The predicted octanol–water partition coefficient (Wildman–Crippen LogP) is 19.8. The van der Waals surface area contributed by atoms with Crippen LogP contribution in [0.1, 0.15) is 303 Å². The van der Waals surface area contributed by atoms with E-state index in [1.807, 2.05) is 6.08 Å². The number of hydrogen-bond acceptors (Lipinski definition) is 8. The van der Waals surface area contributed by atoms with Crippen LogP contribution < -0.4 is 5.32 Å². The Morgan fingerprint density at radius 3 is 1.12 bits per heavy atom. The van der Waals surface area contributed by atoms with Crippen molar-refractivity contribution >= 4 is 5.91 Å². The zero-order valence-corrected chi connectivity index (χ0v) is 55.3. The number of aliphatic hydroxyl groups excluding tert-OH is 5. The molecule has 9 heteroatoms. The molecule has 0 aromatic rings. The fourth-order valence-electron chi connectivity index (χ4n) is 10.7. The van der Waals surface area contributed by atoms with Crippen LogP contribution >= 0.6 is 0 Å². The van der Waals surface area contributed by atoms with E-state index < -0.39 is 49.5 Å². The van der Waals surface area contributed by atoms with Crippen LogP contribution in [0.25, 0.3) is 0 Å². The fourth-order valence-corrected chi connectivity index (χ4v) is 10.7. The van der Waals surface area contributed by atoms with Crippen LogP contribution in [-0.2, 0) is 14.3 Å². The first kappa shape index (κ1) is 80.6. The lowest BCUT2D eigenvalue weighted by molar-refractivity contribution is -0.302. The summed E-state index contributed by atoms with van der Waals surface area (Å²) in [5.41, 5.74) is 0. The van der Waals surface area contributed by atoms with E-state index in [0.29, 0.717) is 6.42 Å². The highest BCUT2D eigenvalue weighted by Crippen LogP contribution is 2.23. The van der Waals surface area contributed by atoms with Crippen molar-refractivity contribution in [3.63, 3.8) is 0 Å². The van der Waals surface area contributed by atoms with Gasteiger partial charge in [0.05, 0.1) is 25.4 Å². The van der Waals surface area contributed by atoms with Gasteiger partial charge in [0.1, 0.15) is 24.4 Å². The van der Waals surface area contributed by atoms with Crippen molar-refractivity contribution in [2.75, 3.05) is 13.2 Å². The van der Waals surface area contributed by atoms with E-state index in [1.54, 1.807) is 6.08 Å². The Morgan fingerprint density at radius 1 is 0.407 bits per heavy atom. The Bertz CT molecular complexity index is 1780. The second kappa shape index (κ2) is 64.6. The summed E-state index contributed by atoms with van der Waals surface area (Å²) in [6.45, 7) is 3.67. The molecule has 0 saturated carbocycles. The van der Waals surface area contributed by atoms with Crippen molar-refractivity contribution in [2.24, 2.45) is 0 Å². The highest BCUT2D eigenvalue weighted by Gasteiger charge is 2.44. The maximum atomic E-state index is 13.1. The molecule has 494 valence electrons. The first-order valence-electron chi connectivity index (χ1n) is 35.8. The standard InChI is InChI=1S/C77H133NO8/c1-3-5-7-9-11-13-15-17-19-21-23-25-27-29-31-33-34-35-36-37-38-39-41-43-45-47-49-51-53-55-57-59-61-63-65-67-73(81)78-70(69-85-77-76(84)75(83)74(82)72(68-79)86-77)71(80)66-64-62-60-58-56-54-52-50-48-46-44-42-40-32-30-28-26-24-22-20-18-16-14-12-10-8-6-4-2/h5,7,11,13,17,19,23,25,29,31,34-35,37-38,48,50,56,58,64,66,70-72,74-77,79-80,82-84H,3-4,6,8-10,12,14-16,18,20-22,24,26-28,30,32-33,36,39-47,49,51-55,57,59-63,65,67-69H2,1-2H3,(H,78,81)/b7-5-,13-11-,19-17-,25-23-,31-29-,35-34-,38-37-,50-48+,58-56+,66-64+. The van der Waals surface area contributed by atoms with Gasteiger partial charge in [-0.25, -0.2) is 0 Å². The first-order chi connectivity index (χ1) is 42.3. The van der Waals surface area contributed by atoms with Crippen LogP contribution in [0.2, 0.25) is 0 Å². The summed E-state index contributed by atoms with van der Waals surface area (Å²) in [4.78, 5) is 13.1. The fraction of sp³-hybridized carbons (Fsp3) is 0.727. The molecular formula is C77H133NO8. The molecule has 7 atom stereocenters. The maximum absolute atomic E-state index is 13.1. The van der Waals surface area contributed by atoms with Gasteiger partial charge in [0.2, 0.25) is 5.91 Å². The van der Waals surface area contributed by atoms with Gasteiger partial charge < -0.3 is 40.3 Å². The molecular weight excluding hydrogens is 1070 g/mol. The van der Waals surface area contributed by atoms with Crippen LogP contribution in [0, 0.1) is 0 Å². The third-order valence-electron chi connectivity index (χ3n) is 16.2. The van der Waals surface area contributed by atoms with Gasteiger partial charge >= 0.3 is 0 Å². The molecule has 9 nitrogen and oxygen atoms in total. The summed E-state index contributed by atoms with van der Waals surface area (Å²) in [5.74, 6) is -0.194. The molecule has 1 fully saturated rings. The smallest absolute Gasteiger partial charge is 0.220 e. The van der Waals surface area contributed by atoms with Crippen LogP contribution in [0.15, 0.2) is 122 Å². The Morgan fingerprint density at radius 2 is 0.733 bits per heavy atom.